The van der Waals surface area contributed by atoms with E-state index in [4.69, 9.17) is 15.9 Å². The minimum atomic E-state index is -0.455. The van der Waals surface area contributed by atoms with Gasteiger partial charge in [-0.3, -0.25) is 5.41 Å². The Balaban J connectivity index is 2.45. The Labute approximate surface area is 123 Å². The van der Waals surface area contributed by atoms with E-state index in [9.17, 15) is 4.39 Å². The summed E-state index contributed by atoms with van der Waals surface area (Å²) in [7, 11) is 0. The standard InChI is InChI=1S/C13H12BrFN4O/c1-6-7(2)18-19-13(11(6)12(16)17)20-8-3-4-9(14)10(15)5-8/h3-5H,1-2H3,(H3,16,17). The Kier molecular flexibility index (Phi) is 3.99. The summed E-state index contributed by atoms with van der Waals surface area (Å²) in [5.74, 6) is -0.287. The number of nitrogens with two attached hydrogens (primary N) is 1. The topological polar surface area (TPSA) is 84.9 Å². The largest absolute Gasteiger partial charge is 0.437 e. The lowest BCUT2D eigenvalue weighted by molar-refractivity contribution is 0.447. The van der Waals surface area contributed by atoms with Gasteiger partial charge in [0.25, 0.3) is 0 Å². The van der Waals surface area contributed by atoms with Gasteiger partial charge in [-0.05, 0) is 47.5 Å². The lowest BCUT2D eigenvalue weighted by Crippen LogP contribution is -2.16. The third-order valence-electron chi connectivity index (χ3n) is 2.80. The zero-order valence-corrected chi connectivity index (χ0v) is 12.5. The summed E-state index contributed by atoms with van der Waals surface area (Å²) in [5.41, 5.74) is 7.27. The Morgan fingerprint density at radius 1 is 1.35 bits per heavy atom. The van der Waals surface area contributed by atoms with Gasteiger partial charge >= 0.3 is 0 Å². The van der Waals surface area contributed by atoms with Crippen LogP contribution in [0, 0.1) is 25.1 Å². The number of halogens is 2. The zero-order valence-electron chi connectivity index (χ0n) is 10.9. The molecule has 0 aliphatic heterocycles. The van der Waals surface area contributed by atoms with Gasteiger partial charge in [0.2, 0.25) is 5.88 Å². The van der Waals surface area contributed by atoms with Crippen molar-refractivity contribution >= 4 is 21.8 Å². The van der Waals surface area contributed by atoms with Crippen molar-refractivity contribution in [3.8, 4) is 11.6 Å². The van der Waals surface area contributed by atoms with Crippen LogP contribution in [0.3, 0.4) is 0 Å². The van der Waals surface area contributed by atoms with Gasteiger partial charge in [0.1, 0.15) is 17.4 Å². The molecule has 3 N–H and O–H groups in total. The molecule has 2 rings (SSSR count). The van der Waals surface area contributed by atoms with Gasteiger partial charge in [-0.15, -0.1) is 5.10 Å². The molecule has 1 aromatic carbocycles. The summed E-state index contributed by atoms with van der Waals surface area (Å²) >= 11 is 3.06. The van der Waals surface area contributed by atoms with Crippen molar-refractivity contribution in [2.24, 2.45) is 5.73 Å². The highest BCUT2D eigenvalue weighted by atomic mass is 79.9. The molecule has 2 aromatic rings. The van der Waals surface area contributed by atoms with E-state index < -0.39 is 5.82 Å². The van der Waals surface area contributed by atoms with Crippen LogP contribution in [0.25, 0.3) is 0 Å². The van der Waals surface area contributed by atoms with Crippen LogP contribution in [-0.2, 0) is 0 Å². The minimum Gasteiger partial charge on any atom is -0.437 e. The number of nitrogens with one attached hydrogen (secondary N) is 1. The molecule has 0 radical (unpaired) electrons. The number of nitrogens with zero attached hydrogens (tertiary/aromatic N) is 2. The quantitative estimate of drug-likeness (QED) is 0.665. The molecule has 0 unspecified atom stereocenters. The molecule has 0 aliphatic rings. The molecule has 0 saturated carbocycles. The molecule has 0 saturated heterocycles. The fourth-order valence-corrected chi connectivity index (χ4v) is 1.87. The third-order valence-corrected chi connectivity index (χ3v) is 3.44. The predicted octanol–water partition coefficient (Wildman–Crippen LogP) is 3.07. The van der Waals surface area contributed by atoms with Crippen molar-refractivity contribution in [2.75, 3.05) is 0 Å². The first-order valence-electron chi connectivity index (χ1n) is 5.71. The highest BCUT2D eigenvalue weighted by Crippen LogP contribution is 2.28. The van der Waals surface area contributed by atoms with Gasteiger partial charge in [-0.2, -0.15) is 5.10 Å². The second-order valence-corrected chi connectivity index (χ2v) is 5.04. The molecule has 20 heavy (non-hydrogen) atoms. The first-order valence-corrected chi connectivity index (χ1v) is 6.50. The van der Waals surface area contributed by atoms with Crippen molar-refractivity contribution in [3.05, 3.63) is 45.3 Å². The fourth-order valence-electron chi connectivity index (χ4n) is 1.63. The Hall–Kier alpha value is -2.02. The minimum absolute atomic E-state index is 0.0855. The van der Waals surface area contributed by atoms with Gasteiger partial charge in [0.15, 0.2) is 0 Å². The Bertz CT molecular complexity index is 690. The van der Waals surface area contributed by atoms with Crippen LogP contribution < -0.4 is 10.5 Å². The van der Waals surface area contributed by atoms with Crippen LogP contribution in [-0.4, -0.2) is 16.0 Å². The number of aryl methyl sites for hydroxylation is 1. The molecule has 0 amide bonds. The van der Waals surface area contributed by atoms with E-state index >= 15 is 0 Å². The molecule has 1 aromatic heterocycles. The first-order chi connectivity index (χ1) is 9.40. The van der Waals surface area contributed by atoms with E-state index in [-0.39, 0.29) is 17.5 Å². The summed E-state index contributed by atoms with van der Waals surface area (Å²) in [4.78, 5) is 0. The van der Waals surface area contributed by atoms with E-state index in [1.807, 2.05) is 0 Å². The molecule has 0 spiro atoms. The average Bonchev–Trinajstić information content (AvgIpc) is 2.38. The number of nitrogen functional groups attached to an aromatic ring is 1. The summed E-state index contributed by atoms with van der Waals surface area (Å²) < 4.78 is 19.3. The van der Waals surface area contributed by atoms with Gasteiger partial charge < -0.3 is 10.5 Å². The number of hydrogen-bond donors (Lipinski definition) is 2. The lowest BCUT2D eigenvalue weighted by atomic mass is 10.1. The number of rotatable bonds is 3. The molecule has 0 bridgehead atoms. The molecular weight excluding hydrogens is 327 g/mol. The molecule has 0 atom stereocenters. The van der Waals surface area contributed by atoms with E-state index in [1.165, 1.54) is 12.1 Å². The molecule has 104 valence electrons. The van der Waals surface area contributed by atoms with E-state index in [2.05, 4.69) is 26.1 Å². The number of benzene rings is 1. The maximum atomic E-state index is 13.5. The van der Waals surface area contributed by atoms with Crippen molar-refractivity contribution in [1.29, 1.82) is 5.41 Å². The smallest absolute Gasteiger partial charge is 0.250 e. The second-order valence-electron chi connectivity index (χ2n) is 4.18. The van der Waals surface area contributed by atoms with Gasteiger partial charge in [0, 0.05) is 6.07 Å². The maximum Gasteiger partial charge on any atom is 0.250 e. The van der Waals surface area contributed by atoms with Gasteiger partial charge in [-0.25, -0.2) is 4.39 Å². The molecule has 0 fully saturated rings. The van der Waals surface area contributed by atoms with Crippen molar-refractivity contribution in [2.45, 2.75) is 13.8 Å². The van der Waals surface area contributed by atoms with Crippen molar-refractivity contribution < 1.29 is 9.13 Å². The van der Waals surface area contributed by atoms with Crippen molar-refractivity contribution in [1.82, 2.24) is 10.2 Å². The normalized spacial score (nSPS) is 10.4. The Morgan fingerprint density at radius 3 is 2.65 bits per heavy atom. The van der Waals surface area contributed by atoms with Gasteiger partial charge in [0.05, 0.1) is 15.7 Å². The molecule has 0 aliphatic carbocycles. The lowest BCUT2D eigenvalue weighted by Gasteiger charge is -2.12. The number of amidine groups is 1. The molecular formula is C13H12BrFN4O. The second kappa shape index (κ2) is 5.54. The molecule has 5 nitrogen and oxygen atoms in total. The van der Waals surface area contributed by atoms with E-state index in [0.717, 1.165) is 0 Å². The SMILES string of the molecule is Cc1nnc(Oc2ccc(Br)c(F)c2)c(C(=N)N)c1C. The summed E-state index contributed by atoms with van der Waals surface area (Å²) in [6.45, 7) is 3.54. The first kappa shape index (κ1) is 14.4. The number of aromatic nitrogens is 2. The van der Waals surface area contributed by atoms with Crippen molar-refractivity contribution in [3.63, 3.8) is 0 Å². The number of ether oxygens (including phenoxy) is 1. The fraction of sp³-hybridized carbons (Fsp3) is 0.154. The van der Waals surface area contributed by atoms with Crippen LogP contribution >= 0.6 is 15.9 Å². The molecule has 7 heteroatoms. The van der Waals surface area contributed by atoms with E-state index in [1.54, 1.807) is 19.9 Å². The monoisotopic (exact) mass is 338 g/mol. The van der Waals surface area contributed by atoms with Crippen LogP contribution in [0.4, 0.5) is 4.39 Å². The highest BCUT2D eigenvalue weighted by molar-refractivity contribution is 9.10. The maximum absolute atomic E-state index is 13.5. The van der Waals surface area contributed by atoms with Crippen LogP contribution in [0.5, 0.6) is 11.6 Å². The number of hydrogen-bond acceptors (Lipinski definition) is 4. The average molecular weight is 339 g/mol. The van der Waals surface area contributed by atoms with E-state index in [0.29, 0.717) is 21.3 Å². The molecule has 1 heterocycles. The zero-order chi connectivity index (χ0) is 14.9. The summed E-state index contributed by atoms with van der Waals surface area (Å²) in [6, 6.07) is 4.31. The summed E-state index contributed by atoms with van der Waals surface area (Å²) in [6.07, 6.45) is 0. The highest BCUT2D eigenvalue weighted by Gasteiger charge is 2.16. The summed E-state index contributed by atoms with van der Waals surface area (Å²) in [5, 5.41) is 15.4. The third kappa shape index (κ3) is 2.77. The Morgan fingerprint density at radius 2 is 2.05 bits per heavy atom. The van der Waals surface area contributed by atoms with Crippen LogP contribution in [0.2, 0.25) is 0 Å². The van der Waals surface area contributed by atoms with Gasteiger partial charge in [-0.1, -0.05) is 0 Å². The van der Waals surface area contributed by atoms with Crippen LogP contribution in [0.1, 0.15) is 16.8 Å². The predicted molar refractivity (Wildman–Crippen MR) is 76.7 cm³/mol. The van der Waals surface area contributed by atoms with Crippen LogP contribution in [0.15, 0.2) is 22.7 Å².